The minimum Gasteiger partial charge on any atom is -0.497 e. The number of fused-ring (bicyclic) bond motifs is 1. The number of nitrogens with two attached hydrogens (primary N) is 1. The summed E-state index contributed by atoms with van der Waals surface area (Å²) in [5, 5.41) is 5.68. The van der Waals surface area contributed by atoms with Crippen molar-refractivity contribution in [1.82, 2.24) is 24.6 Å². The molecule has 1 aliphatic carbocycles. The minimum absolute atomic E-state index is 0.0817. The number of carbonyl (C=O) groups excluding carboxylic acids is 2. The molecule has 0 unspecified atom stereocenters. The van der Waals surface area contributed by atoms with Gasteiger partial charge in [0.2, 0.25) is 11.8 Å². The molecule has 11 nitrogen and oxygen atoms in total. The summed E-state index contributed by atoms with van der Waals surface area (Å²) in [5.74, 6) is -1.54. The van der Waals surface area contributed by atoms with Gasteiger partial charge in [-0.3, -0.25) is 14.5 Å². The lowest BCUT2D eigenvalue weighted by atomic mass is 10.0. The van der Waals surface area contributed by atoms with Gasteiger partial charge >= 0.3 is 0 Å². The highest BCUT2D eigenvalue weighted by Crippen LogP contribution is 2.49. The lowest BCUT2D eigenvalue weighted by Gasteiger charge is -2.32. The quantitative estimate of drug-likeness (QED) is 0.175. The van der Waals surface area contributed by atoms with Gasteiger partial charge in [0.25, 0.3) is 0 Å². The highest BCUT2D eigenvalue weighted by Gasteiger charge is 2.57. The summed E-state index contributed by atoms with van der Waals surface area (Å²) in [5.41, 5.74) is 7.02. The summed E-state index contributed by atoms with van der Waals surface area (Å²) >= 11 is 0. The number of nitrogens with zero attached hydrogens (tertiary/aromatic N) is 6. The van der Waals surface area contributed by atoms with Crippen LogP contribution in [-0.4, -0.2) is 83.3 Å². The molecule has 2 aromatic heterocycles. The Balaban J connectivity index is 1.22. The molecule has 1 saturated heterocycles. The van der Waals surface area contributed by atoms with E-state index in [1.807, 2.05) is 28.9 Å². The summed E-state index contributed by atoms with van der Waals surface area (Å²) in [6.45, 7) is 5.14. The standard InChI is InChI=1S/C38H39F2N7O4/c1-44-19-21-45(22-20-44)18-14-31-34-33(13-17-42-35(34)46(43-31)24-25-3-10-29(50-2)11-4-25)51-32-12-9-28(23-30(32)40)47(27-7-5-26(39)6-8-27)37(49)38(15-16-38)36(41)48/h3-13,17,23H,14-16,18-22,24H2,1-2H3,(H2,41,48). The molecule has 1 aliphatic heterocycles. The smallest absolute Gasteiger partial charge is 0.247 e. The summed E-state index contributed by atoms with van der Waals surface area (Å²) in [6.07, 6.45) is 2.80. The number of hydrogen-bond donors (Lipinski definition) is 1. The number of halogens is 2. The minimum atomic E-state index is -1.39. The Morgan fingerprint density at radius 2 is 1.63 bits per heavy atom. The number of aromatic nitrogens is 3. The molecule has 51 heavy (non-hydrogen) atoms. The van der Waals surface area contributed by atoms with Crippen LogP contribution in [0.25, 0.3) is 11.0 Å². The molecule has 5 aromatic rings. The Bertz CT molecular complexity index is 2060. The molecule has 0 spiro atoms. The Morgan fingerprint density at radius 1 is 0.922 bits per heavy atom. The molecule has 7 rings (SSSR count). The van der Waals surface area contributed by atoms with Crippen LogP contribution in [0.15, 0.2) is 79.0 Å². The zero-order valence-electron chi connectivity index (χ0n) is 28.5. The lowest BCUT2D eigenvalue weighted by molar-refractivity contribution is -0.133. The number of likely N-dealkylation sites (N-methyl/N-ethyl adjacent to an activating group) is 1. The molecule has 0 bridgehead atoms. The molecule has 0 radical (unpaired) electrons. The van der Waals surface area contributed by atoms with E-state index in [9.17, 15) is 14.0 Å². The maximum atomic E-state index is 16.0. The first-order chi connectivity index (χ1) is 24.6. The SMILES string of the molecule is COc1ccc(Cn2nc(CCN3CCN(C)CC3)c3c(Oc4ccc(N(C(=O)C5(C(N)=O)CC5)c5ccc(F)cc5)cc4F)ccnc32)cc1. The molecule has 2 fully saturated rings. The van der Waals surface area contributed by atoms with Crippen molar-refractivity contribution in [1.29, 1.82) is 0 Å². The van der Waals surface area contributed by atoms with Crippen molar-refractivity contribution >= 4 is 34.2 Å². The van der Waals surface area contributed by atoms with E-state index in [4.69, 9.17) is 20.3 Å². The van der Waals surface area contributed by atoms with Gasteiger partial charge in [0, 0.05) is 57.1 Å². The Kier molecular flexibility index (Phi) is 9.40. The van der Waals surface area contributed by atoms with Gasteiger partial charge in [-0.1, -0.05) is 12.1 Å². The van der Waals surface area contributed by atoms with Gasteiger partial charge in [-0.2, -0.15) is 5.10 Å². The van der Waals surface area contributed by atoms with Gasteiger partial charge < -0.3 is 25.0 Å². The number of rotatable bonds is 12. The van der Waals surface area contributed by atoms with Crippen molar-refractivity contribution in [2.75, 3.05) is 51.8 Å². The third-order valence-electron chi connectivity index (χ3n) is 9.73. The summed E-state index contributed by atoms with van der Waals surface area (Å²) in [6, 6.07) is 18.7. The third kappa shape index (κ3) is 6.99. The van der Waals surface area contributed by atoms with Gasteiger partial charge in [-0.15, -0.1) is 0 Å². The number of carbonyl (C=O) groups is 2. The summed E-state index contributed by atoms with van der Waals surface area (Å²) < 4.78 is 43.2. The van der Waals surface area contributed by atoms with Crippen molar-refractivity contribution in [3.8, 4) is 17.2 Å². The number of methoxy groups -OCH3 is 1. The number of primary amides is 1. The van der Waals surface area contributed by atoms with E-state index in [0.29, 0.717) is 29.7 Å². The number of piperazine rings is 1. The predicted octanol–water partition coefficient (Wildman–Crippen LogP) is 5.28. The van der Waals surface area contributed by atoms with Gasteiger partial charge in [-0.05, 0) is 80.1 Å². The van der Waals surface area contributed by atoms with E-state index in [1.165, 1.54) is 41.3 Å². The first-order valence-electron chi connectivity index (χ1n) is 16.9. The average Bonchev–Trinajstić information content (AvgIpc) is 3.88. The highest BCUT2D eigenvalue weighted by molar-refractivity contribution is 6.16. The number of amides is 2. The molecular formula is C38H39F2N7O4. The van der Waals surface area contributed by atoms with Crippen LogP contribution in [0, 0.1) is 17.0 Å². The summed E-state index contributed by atoms with van der Waals surface area (Å²) in [4.78, 5) is 36.6. The average molecular weight is 696 g/mol. The number of ether oxygens (including phenoxy) is 2. The van der Waals surface area contributed by atoms with Crippen LogP contribution < -0.4 is 20.1 Å². The zero-order chi connectivity index (χ0) is 35.7. The van der Waals surface area contributed by atoms with Gasteiger partial charge in [0.1, 0.15) is 22.7 Å². The van der Waals surface area contributed by atoms with Crippen molar-refractivity contribution in [3.63, 3.8) is 0 Å². The number of benzene rings is 3. The number of anilines is 2. The van der Waals surface area contributed by atoms with E-state index >= 15 is 4.39 Å². The zero-order valence-corrected chi connectivity index (χ0v) is 28.5. The maximum absolute atomic E-state index is 16.0. The molecule has 13 heteroatoms. The van der Waals surface area contributed by atoms with Crippen LogP contribution in [-0.2, 0) is 22.6 Å². The fourth-order valence-electron chi connectivity index (χ4n) is 6.46. The van der Waals surface area contributed by atoms with E-state index in [1.54, 1.807) is 19.4 Å². The van der Waals surface area contributed by atoms with Crippen molar-refractivity contribution in [3.05, 3.63) is 102 Å². The second kappa shape index (κ2) is 14.1. The largest absolute Gasteiger partial charge is 0.497 e. The topological polar surface area (TPSA) is 119 Å². The van der Waals surface area contributed by atoms with Crippen LogP contribution in [0.5, 0.6) is 17.2 Å². The lowest BCUT2D eigenvalue weighted by Crippen LogP contribution is -2.45. The molecule has 2 N–H and O–H groups in total. The van der Waals surface area contributed by atoms with Crippen molar-refractivity contribution in [2.24, 2.45) is 11.1 Å². The van der Waals surface area contributed by atoms with E-state index in [2.05, 4.69) is 21.8 Å². The molecule has 3 heterocycles. The van der Waals surface area contributed by atoms with E-state index in [0.717, 1.165) is 55.8 Å². The van der Waals surface area contributed by atoms with Gasteiger partial charge in [0.15, 0.2) is 17.2 Å². The van der Waals surface area contributed by atoms with Crippen LogP contribution in [0.3, 0.4) is 0 Å². The fourth-order valence-corrected chi connectivity index (χ4v) is 6.46. The molecule has 264 valence electrons. The van der Waals surface area contributed by atoms with Crippen LogP contribution in [0.2, 0.25) is 0 Å². The molecule has 0 atom stereocenters. The van der Waals surface area contributed by atoms with Crippen LogP contribution in [0.4, 0.5) is 20.2 Å². The third-order valence-corrected chi connectivity index (χ3v) is 9.73. The molecule has 2 amide bonds. The second-order valence-corrected chi connectivity index (χ2v) is 13.1. The fraction of sp³-hybridized carbons (Fsp3) is 0.316. The van der Waals surface area contributed by atoms with Gasteiger partial charge in [0.05, 0.1) is 30.4 Å². The second-order valence-electron chi connectivity index (χ2n) is 13.1. The van der Waals surface area contributed by atoms with E-state index < -0.39 is 28.9 Å². The molecule has 1 saturated carbocycles. The van der Waals surface area contributed by atoms with E-state index in [-0.39, 0.29) is 30.0 Å². The number of hydrogen-bond acceptors (Lipinski definition) is 8. The van der Waals surface area contributed by atoms with Crippen LogP contribution in [0.1, 0.15) is 24.1 Å². The van der Waals surface area contributed by atoms with Crippen molar-refractivity contribution < 1.29 is 27.8 Å². The first-order valence-corrected chi connectivity index (χ1v) is 16.9. The number of pyridine rings is 1. The first kappa shape index (κ1) is 34.1. The highest BCUT2D eigenvalue weighted by atomic mass is 19.1. The molecule has 2 aliphatic rings. The molecule has 3 aromatic carbocycles. The van der Waals surface area contributed by atoms with Crippen LogP contribution >= 0.6 is 0 Å². The van der Waals surface area contributed by atoms with Crippen molar-refractivity contribution in [2.45, 2.75) is 25.8 Å². The Labute approximate surface area is 294 Å². The van der Waals surface area contributed by atoms with Gasteiger partial charge in [-0.25, -0.2) is 18.4 Å². The monoisotopic (exact) mass is 695 g/mol. The Hall–Kier alpha value is -5.40. The Morgan fingerprint density at radius 3 is 2.27 bits per heavy atom. The molecular weight excluding hydrogens is 656 g/mol. The predicted molar refractivity (Wildman–Crippen MR) is 188 cm³/mol. The maximum Gasteiger partial charge on any atom is 0.247 e. The summed E-state index contributed by atoms with van der Waals surface area (Å²) in [7, 11) is 3.74. The normalized spacial score (nSPS) is 15.8.